The van der Waals surface area contributed by atoms with Crippen LogP contribution in [0.2, 0.25) is 0 Å². The summed E-state index contributed by atoms with van der Waals surface area (Å²) < 4.78 is 18.7. The smallest absolute Gasteiger partial charge is 0.257 e. The van der Waals surface area contributed by atoms with Gasteiger partial charge < -0.3 is 19.9 Å². The number of rotatable bonds is 6. The number of likely N-dealkylation sites (tertiary alicyclic amines) is 2. The molecule has 186 valence electrons. The van der Waals surface area contributed by atoms with Crippen LogP contribution in [0.1, 0.15) is 52.8 Å². The lowest BCUT2D eigenvalue weighted by atomic mass is 9.87. The zero-order valence-electron chi connectivity index (χ0n) is 20.0. The zero-order chi connectivity index (χ0) is 24.8. The Morgan fingerprint density at radius 2 is 1.57 bits per heavy atom. The molecule has 2 fully saturated rings. The van der Waals surface area contributed by atoms with Gasteiger partial charge in [-0.1, -0.05) is 12.1 Å². The maximum Gasteiger partial charge on any atom is 0.257 e. The number of hydrogen-bond donors (Lipinski definition) is 1. The van der Waals surface area contributed by atoms with Gasteiger partial charge in [-0.25, -0.2) is 4.39 Å². The third-order valence-corrected chi connectivity index (χ3v) is 6.96. The molecular formula is C27H32FN3O4. The highest BCUT2D eigenvalue weighted by Gasteiger charge is 2.37. The third kappa shape index (κ3) is 5.81. The number of ether oxygens (including phenoxy) is 1. The van der Waals surface area contributed by atoms with E-state index in [4.69, 9.17) is 4.74 Å². The lowest BCUT2D eigenvalue weighted by molar-refractivity contribution is -0.136. The van der Waals surface area contributed by atoms with Gasteiger partial charge in [0.25, 0.3) is 11.8 Å². The van der Waals surface area contributed by atoms with Gasteiger partial charge in [0.15, 0.2) is 0 Å². The van der Waals surface area contributed by atoms with Crippen molar-refractivity contribution in [3.63, 3.8) is 0 Å². The normalized spacial score (nSPS) is 17.5. The van der Waals surface area contributed by atoms with Crippen molar-refractivity contribution in [1.29, 1.82) is 0 Å². The summed E-state index contributed by atoms with van der Waals surface area (Å²) in [5.41, 5.74) is 0.825. The molecule has 2 aliphatic rings. The number of piperidine rings is 2. The summed E-state index contributed by atoms with van der Waals surface area (Å²) in [5, 5.41) is 2.94. The van der Waals surface area contributed by atoms with Crippen LogP contribution in [-0.4, -0.2) is 66.9 Å². The van der Waals surface area contributed by atoms with Gasteiger partial charge in [-0.15, -0.1) is 0 Å². The molecule has 2 heterocycles. The number of hydrogen-bond acceptors (Lipinski definition) is 4. The number of benzene rings is 2. The van der Waals surface area contributed by atoms with Gasteiger partial charge in [0.05, 0.1) is 12.7 Å². The van der Waals surface area contributed by atoms with E-state index in [9.17, 15) is 18.8 Å². The van der Waals surface area contributed by atoms with Crippen molar-refractivity contribution < 1.29 is 23.5 Å². The quantitative estimate of drug-likeness (QED) is 0.685. The fourth-order valence-corrected chi connectivity index (χ4v) is 4.95. The third-order valence-electron chi connectivity index (χ3n) is 6.96. The molecule has 0 saturated carbocycles. The van der Waals surface area contributed by atoms with Crippen LogP contribution in [0.3, 0.4) is 0 Å². The topological polar surface area (TPSA) is 79.0 Å². The van der Waals surface area contributed by atoms with E-state index in [0.29, 0.717) is 55.9 Å². The Hall–Kier alpha value is -3.42. The van der Waals surface area contributed by atoms with Gasteiger partial charge in [-0.05, 0) is 74.4 Å². The fourth-order valence-electron chi connectivity index (χ4n) is 4.95. The first-order valence-electron chi connectivity index (χ1n) is 12.3. The van der Waals surface area contributed by atoms with Gasteiger partial charge in [0.1, 0.15) is 17.6 Å². The number of nitrogens with zero attached hydrogens (tertiary/aromatic N) is 2. The molecule has 0 bridgehead atoms. The predicted octanol–water partition coefficient (Wildman–Crippen LogP) is 3.50. The summed E-state index contributed by atoms with van der Waals surface area (Å²) in [5.74, 6) is -0.563. The highest BCUT2D eigenvalue weighted by Crippen LogP contribution is 2.27. The molecule has 4 rings (SSSR count). The van der Waals surface area contributed by atoms with Crippen LogP contribution < -0.4 is 10.1 Å². The summed E-state index contributed by atoms with van der Waals surface area (Å²) in [4.78, 5) is 43.1. The van der Waals surface area contributed by atoms with E-state index in [1.54, 1.807) is 30.2 Å². The molecule has 2 aromatic rings. The van der Waals surface area contributed by atoms with Crippen molar-refractivity contribution in [2.75, 3.05) is 33.3 Å². The number of methoxy groups -OCH3 is 1. The minimum absolute atomic E-state index is 0.0744. The van der Waals surface area contributed by atoms with Crippen LogP contribution >= 0.6 is 0 Å². The Morgan fingerprint density at radius 3 is 2.23 bits per heavy atom. The SMILES string of the molecule is COc1ccccc1C(=O)N1CCC(C(NC(=O)c2ccc(F)cc2)C(=O)N2CCCCC2)CC1. The van der Waals surface area contributed by atoms with Crippen molar-refractivity contribution >= 4 is 17.7 Å². The monoisotopic (exact) mass is 481 g/mol. The van der Waals surface area contributed by atoms with Gasteiger partial charge in [-0.2, -0.15) is 0 Å². The van der Waals surface area contributed by atoms with Gasteiger partial charge in [0.2, 0.25) is 5.91 Å². The maximum absolute atomic E-state index is 13.5. The minimum Gasteiger partial charge on any atom is -0.496 e. The molecule has 2 aliphatic heterocycles. The van der Waals surface area contributed by atoms with Crippen molar-refractivity contribution in [2.24, 2.45) is 5.92 Å². The Bertz CT molecular complexity index is 1040. The Morgan fingerprint density at radius 1 is 0.914 bits per heavy atom. The predicted molar refractivity (Wildman–Crippen MR) is 130 cm³/mol. The zero-order valence-corrected chi connectivity index (χ0v) is 20.0. The molecule has 7 nitrogen and oxygen atoms in total. The molecule has 0 spiro atoms. The number of carbonyl (C=O) groups is 3. The molecular weight excluding hydrogens is 449 g/mol. The number of nitrogens with one attached hydrogen (secondary N) is 1. The lowest BCUT2D eigenvalue weighted by Gasteiger charge is -2.38. The first kappa shape index (κ1) is 24.7. The summed E-state index contributed by atoms with van der Waals surface area (Å²) in [6.07, 6.45) is 4.19. The molecule has 8 heteroatoms. The van der Waals surface area contributed by atoms with E-state index in [1.165, 1.54) is 24.3 Å². The van der Waals surface area contributed by atoms with Crippen LogP contribution in [0.15, 0.2) is 48.5 Å². The maximum atomic E-state index is 13.5. The summed E-state index contributed by atoms with van der Waals surface area (Å²) in [6.45, 7) is 2.34. The van der Waals surface area contributed by atoms with Gasteiger partial charge in [-0.3, -0.25) is 14.4 Å². The molecule has 0 radical (unpaired) electrons. The molecule has 2 aromatic carbocycles. The van der Waals surface area contributed by atoms with Crippen molar-refractivity contribution in [1.82, 2.24) is 15.1 Å². The standard InChI is InChI=1S/C27H32FN3O4/c1-35-23-8-4-3-7-22(23)26(33)31-17-13-19(14-18-31)24(27(34)30-15-5-2-6-16-30)29-25(32)20-9-11-21(28)12-10-20/h3-4,7-12,19,24H,2,5-6,13-18H2,1H3,(H,29,32). The van der Waals surface area contributed by atoms with E-state index < -0.39 is 17.8 Å². The molecule has 1 unspecified atom stereocenters. The lowest BCUT2D eigenvalue weighted by Crippen LogP contribution is -2.55. The van der Waals surface area contributed by atoms with E-state index in [-0.39, 0.29) is 17.7 Å². The fraction of sp³-hybridized carbons (Fsp3) is 0.444. The van der Waals surface area contributed by atoms with E-state index in [1.807, 2.05) is 11.0 Å². The van der Waals surface area contributed by atoms with Crippen LogP contribution in [0.25, 0.3) is 0 Å². The number of carbonyl (C=O) groups excluding carboxylic acids is 3. The number of amides is 3. The van der Waals surface area contributed by atoms with Crippen LogP contribution in [0.4, 0.5) is 4.39 Å². The van der Waals surface area contributed by atoms with Crippen LogP contribution in [0, 0.1) is 11.7 Å². The van der Waals surface area contributed by atoms with Gasteiger partial charge in [0, 0.05) is 31.7 Å². The average molecular weight is 482 g/mol. The minimum atomic E-state index is -0.686. The molecule has 35 heavy (non-hydrogen) atoms. The Labute approximate surface area is 205 Å². The molecule has 1 N–H and O–H groups in total. The summed E-state index contributed by atoms with van der Waals surface area (Å²) in [7, 11) is 1.54. The first-order chi connectivity index (χ1) is 17.0. The van der Waals surface area contributed by atoms with Crippen LogP contribution in [0.5, 0.6) is 5.75 Å². The number of halogens is 1. The second kappa shape index (κ2) is 11.3. The van der Waals surface area contributed by atoms with Crippen molar-refractivity contribution in [3.05, 3.63) is 65.5 Å². The molecule has 3 amide bonds. The second-order valence-corrected chi connectivity index (χ2v) is 9.17. The Kier molecular flexibility index (Phi) is 8.00. The van der Waals surface area contributed by atoms with Crippen molar-refractivity contribution in [3.8, 4) is 5.75 Å². The van der Waals surface area contributed by atoms with E-state index in [0.717, 1.165) is 19.3 Å². The number of para-hydroxylation sites is 1. The van der Waals surface area contributed by atoms with Crippen LogP contribution in [-0.2, 0) is 4.79 Å². The highest BCUT2D eigenvalue weighted by molar-refractivity contribution is 5.98. The highest BCUT2D eigenvalue weighted by atomic mass is 19.1. The summed E-state index contributed by atoms with van der Waals surface area (Å²) in [6, 6.07) is 11.8. The average Bonchev–Trinajstić information content (AvgIpc) is 2.91. The van der Waals surface area contributed by atoms with Gasteiger partial charge >= 0.3 is 0 Å². The first-order valence-corrected chi connectivity index (χ1v) is 12.3. The molecule has 1 atom stereocenters. The Balaban J connectivity index is 1.47. The van der Waals surface area contributed by atoms with Crippen molar-refractivity contribution in [2.45, 2.75) is 38.1 Å². The molecule has 0 aromatic heterocycles. The van der Waals surface area contributed by atoms with E-state index >= 15 is 0 Å². The molecule has 0 aliphatic carbocycles. The largest absolute Gasteiger partial charge is 0.496 e. The second-order valence-electron chi connectivity index (χ2n) is 9.17. The summed E-state index contributed by atoms with van der Waals surface area (Å²) >= 11 is 0. The molecule has 2 saturated heterocycles. The van der Waals surface area contributed by atoms with E-state index in [2.05, 4.69) is 5.32 Å².